The van der Waals surface area contributed by atoms with E-state index < -0.39 is 16.0 Å². The third kappa shape index (κ3) is 3.84. The summed E-state index contributed by atoms with van der Waals surface area (Å²) in [5.74, 6) is -1.16. The Morgan fingerprint density at radius 3 is 2.30 bits per heavy atom. The molecule has 0 radical (unpaired) electrons. The van der Waals surface area contributed by atoms with Crippen molar-refractivity contribution in [3.63, 3.8) is 0 Å². The van der Waals surface area contributed by atoms with E-state index in [1.165, 1.54) is 12.1 Å². The Morgan fingerprint density at radius 1 is 1.09 bits per heavy atom. The lowest BCUT2D eigenvalue weighted by Crippen LogP contribution is -2.16. The molecule has 2 rings (SSSR count). The van der Waals surface area contributed by atoms with Gasteiger partial charge in [-0.15, -0.1) is 0 Å². The van der Waals surface area contributed by atoms with E-state index in [0.29, 0.717) is 16.8 Å². The largest absolute Gasteiger partial charge is 0.478 e. The molecule has 0 bridgehead atoms. The Kier molecular flexibility index (Phi) is 5.00. The molecule has 0 saturated heterocycles. The van der Waals surface area contributed by atoms with Crippen molar-refractivity contribution in [3.8, 4) is 0 Å². The van der Waals surface area contributed by atoms with Gasteiger partial charge in [-0.05, 0) is 90.4 Å². The summed E-state index contributed by atoms with van der Waals surface area (Å²) < 4.78 is 28.9. The van der Waals surface area contributed by atoms with Gasteiger partial charge in [0, 0.05) is 3.57 Å². The van der Waals surface area contributed by atoms with Gasteiger partial charge < -0.3 is 5.11 Å². The number of rotatable bonds is 4. The van der Waals surface area contributed by atoms with Crippen LogP contribution in [-0.4, -0.2) is 19.5 Å². The molecule has 0 aliphatic rings. The molecule has 0 aliphatic carbocycles. The van der Waals surface area contributed by atoms with Gasteiger partial charge in [-0.25, -0.2) is 13.2 Å². The summed E-state index contributed by atoms with van der Waals surface area (Å²) >= 11 is 2.15. The second-order valence-electron chi connectivity index (χ2n) is 5.29. The molecule has 23 heavy (non-hydrogen) atoms. The van der Waals surface area contributed by atoms with E-state index >= 15 is 0 Å². The number of halogens is 1. The molecule has 0 atom stereocenters. The molecule has 0 aromatic heterocycles. The van der Waals surface area contributed by atoms with Crippen LogP contribution in [0, 0.1) is 24.3 Å². The van der Waals surface area contributed by atoms with Crippen LogP contribution in [0.25, 0.3) is 0 Å². The summed E-state index contributed by atoms with van der Waals surface area (Å²) in [5, 5.41) is 9.14. The smallest absolute Gasteiger partial charge is 0.335 e. The minimum Gasteiger partial charge on any atom is -0.478 e. The zero-order valence-corrected chi connectivity index (χ0v) is 15.8. The first-order chi connectivity index (χ1) is 10.6. The Bertz CT molecular complexity index is 891. The molecule has 0 unspecified atom stereocenters. The minimum absolute atomic E-state index is 0.0205. The van der Waals surface area contributed by atoms with E-state index in [4.69, 9.17) is 5.11 Å². The molecule has 0 heterocycles. The van der Waals surface area contributed by atoms with Gasteiger partial charge in [-0.3, -0.25) is 4.72 Å². The molecular weight excluding hydrogens is 429 g/mol. The lowest BCUT2D eigenvalue weighted by Gasteiger charge is -2.14. The molecule has 122 valence electrons. The lowest BCUT2D eigenvalue weighted by molar-refractivity contribution is 0.0696. The van der Waals surface area contributed by atoms with Crippen LogP contribution in [-0.2, 0) is 10.0 Å². The molecule has 2 aromatic carbocycles. The SMILES string of the molecule is Cc1cc(I)ccc1NS(=O)(=O)c1cc(C(=O)O)cc(C)c1C. The van der Waals surface area contributed by atoms with Gasteiger partial charge in [0.25, 0.3) is 10.0 Å². The Hall–Kier alpha value is -1.61. The van der Waals surface area contributed by atoms with Crippen LogP contribution >= 0.6 is 22.6 Å². The van der Waals surface area contributed by atoms with Crippen molar-refractivity contribution in [2.75, 3.05) is 4.72 Å². The van der Waals surface area contributed by atoms with Gasteiger partial charge in [0.15, 0.2) is 0 Å². The van der Waals surface area contributed by atoms with Crippen molar-refractivity contribution in [2.24, 2.45) is 0 Å². The fourth-order valence-electron chi connectivity index (χ4n) is 2.17. The van der Waals surface area contributed by atoms with Crippen LogP contribution in [0.2, 0.25) is 0 Å². The van der Waals surface area contributed by atoms with Crippen LogP contribution in [0.4, 0.5) is 5.69 Å². The highest BCUT2D eigenvalue weighted by molar-refractivity contribution is 14.1. The number of carboxylic acid groups (broad SMARTS) is 1. The topological polar surface area (TPSA) is 83.5 Å². The number of hydrogen-bond donors (Lipinski definition) is 2. The van der Waals surface area contributed by atoms with Crippen LogP contribution in [0.3, 0.4) is 0 Å². The van der Waals surface area contributed by atoms with Crippen molar-refractivity contribution in [3.05, 3.63) is 56.2 Å². The predicted octanol–water partition coefficient (Wildman–Crippen LogP) is 3.72. The molecule has 2 N–H and O–H groups in total. The monoisotopic (exact) mass is 445 g/mol. The normalized spacial score (nSPS) is 11.3. The highest BCUT2D eigenvalue weighted by atomic mass is 127. The molecule has 0 aliphatic heterocycles. The number of carbonyl (C=O) groups is 1. The standard InChI is InChI=1S/C16H16INO4S/c1-9-6-12(16(19)20)8-15(11(9)3)23(21,22)18-14-5-4-13(17)7-10(14)2/h4-8,18H,1-3H3,(H,19,20). The molecular formula is C16H16INO4S. The summed E-state index contributed by atoms with van der Waals surface area (Å²) in [4.78, 5) is 11.2. The number of hydrogen-bond acceptors (Lipinski definition) is 3. The number of nitrogens with one attached hydrogen (secondary N) is 1. The minimum atomic E-state index is -3.87. The van der Waals surface area contributed by atoms with Crippen LogP contribution in [0.15, 0.2) is 35.2 Å². The highest BCUT2D eigenvalue weighted by Crippen LogP contribution is 2.26. The van der Waals surface area contributed by atoms with Gasteiger partial charge in [0.2, 0.25) is 0 Å². The van der Waals surface area contributed by atoms with Crippen molar-refractivity contribution in [1.29, 1.82) is 0 Å². The summed E-state index contributed by atoms with van der Waals surface area (Å²) in [6, 6.07) is 8.02. The summed E-state index contributed by atoms with van der Waals surface area (Å²) in [6.07, 6.45) is 0. The molecule has 2 aromatic rings. The highest BCUT2D eigenvalue weighted by Gasteiger charge is 2.21. The third-order valence-corrected chi connectivity index (χ3v) is 5.75. The van der Waals surface area contributed by atoms with Gasteiger partial charge in [-0.2, -0.15) is 0 Å². The zero-order chi connectivity index (χ0) is 17.4. The van der Waals surface area contributed by atoms with Crippen LogP contribution < -0.4 is 4.72 Å². The Balaban J connectivity index is 2.53. The first-order valence-electron chi connectivity index (χ1n) is 6.75. The Morgan fingerprint density at radius 2 is 1.74 bits per heavy atom. The maximum Gasteiger partial charge on any atom is 0.335 e. The number of carboxylic acids is 1. The average Bonchev–Trinajstić information content (AvgIpc) is 2.44. The maximum absolute atomic E-state index is 12.7. The van der Waals surface area contributed by atoms with Crippen molar-refractivity contribution < 1.29 is 18.3 Å². The number of aryl methyl sites for hydroxylation is 2. The van der Waals surface area contributed by atoms with E-state index in [1.807, 2.05) is 13.0 Å². The summed E-state index contributed by atoms with van der Waals surface area (Å²) in [7, 11) is -3.87. The van der Waals surface area contributed by atoms with Crippen molar-refractivity contribution >= 4 is 44.3 Å². The first kappa shape index (κ1) is 17.7. The van der Waals surface area contributed by atoms with E-state index in [2.05, 4.69) is 27.3 Å². The van der Waals surface area contributed by atoms with E-state index in [9.17, 15) is 13.2 Å². The number of aromatic carboxylic acids is 1. The summed E-state index contributed by atoms with van der Waals surface area (Å²) in [5.41, 5.74) is 2.37. The zero-order valence-electron chi connectivity index (χ0n) is 12.8. The van der Waals surface area contributed by atoms with E-state index in [0.717, 1.165) is 9.13 Å². The second kappa shape index (κ2) is 6.48. The lowest BCUT2D eigenvalue weighted by atomic mass is 10.1. The predicted molar refractivity (Wildman–Crippen MR) is 97.6 cm³/mol. The van der Waals surface area contributed by atoms with Crippen molar-refractivity contribution in [2.45, 2.75) is 25.7 Å². The molecule has 5 nitrogen and oxygen atoms in total. The van der Waals surface area contributed by atoms with Gasteiger partial charge >= 0.3 is 5.97 Å². The number of sulfonamides is 1. The first-order valence-corrected chi connectivity index (χ1v) is 9.31. The maximum atomic E-state index is 12.7. The average molecular weight is 445 g/mol. The van der Waals surface area contributed by atoms with Gasteiger partial charge in [0.05, 0.1) is 16.1 Å². The summed E-state index contributed by atoms with van der Waals surface area (Å²) in [6.45, 7) is 5.17. The van der Waals surface area contributed by atoms with Gasteiger partial charge in [0.1, 0.15) is 0 Å². The van der Waals surface area contributed by atoms with Gasteiger partial charge in [-0.1, -0.05) is 0 Å². The van der Waals surface area contributed by atoms with E-state index in [1.54, 1.807) is 26.0 Å². The van der Waals surface area contributed by atoms with E-state index in [-0.39, 0.29) is 10.5 Å². The molecule has 7 heteroatoms. The number of benzene rings is 2. The third-order valence-electron chi connectivity index (χ3n) is 3.59. The second-order valence-corrected chi connectivity index (χ2v) is 8.18. The number of anilines is 1. The molecule has 0 saturated carbocycles. The van der Waals surface area contributed by atoms with Crippen LogP contribution in [0.5, 0.6) is 0 Å². The molecule has 0 spiro atoms. The van der Waals surface area contributed by atoms with Crippen molar-refractivity contribution in [1.82, 2.24) is 0 Å². The van der Waals surface area contributed by atoms with Crippen LogP contribution in [0.1, 0.15) is 27.0 Å². The fraction of sp³-hybridized carbons (Fsp3) is 0.188. The Labute approximate surface area is 148 Å². The molecule has 0 amide bonds. The fourth-order valence-corrected chi connectivity index (χ4v) is 4.29. The molecule has 0 fully saturated rings. The quantitative estimate of drug-likeness (QED) is 0.703.